The molecule has 0 bridgehead atoms. The Balaban J connectivity index is 3.51. The van der Waals surface area contributed by atoms with Gasteiger partial charge in [-0.25, -0.2) is 0 Å². The van der Waals surface area contributed by atoms with Crippen molar-refractivity contribution >= 4 is 11.9 Å². The Morgan fingerprint density at radius 3 is 1.16 bits per heavy atom. The summed E-state index contributed by atoms with van der Waals surface area (Å²) in [5.41, 5.74) is 0. The SMILES string of the molecule is CCCCC/C=C\C/C=C\CCCCCCCC(=O)OCCCCCCCCCCCCC(=O)NC(CO)C(O)/C=C/CCCCCCCCCCCCCCCCCCCCCCCCC. The predicted octanol–water partition coefficient (Wildman–Crippen LogP) is 18.4. The summed E-state index contributed by atoms with van der Waals surface area (Å²) < 4.78 is 5.45. The smallest absolute Gasteiger partial charge is 0.305 e. The Morgan fingerprint density at radius 2 is 0.746 bits per heavy atom. The van der Waals surface area contributed by atoms with Gasteiger partial charge in [0.2, 0.25) is 5.91 Å². The van der Waals surface area contributed by atoms with Crippen LogP contribution in [-0.2, 0) is 14.3 Å². The van der Waals surface area contributed by atoms with E-state index in [1.807, 2.05) is 6.08 Å². The topological polar surface area (TPSA) is 95.9 Å². The maximum Gasteiger partial charge on any atom is 0.305 e. The molecular formula is C61H115NO5. The minimum Gasteiger partial charge on any atom is -0.466 e. The summed E-state index contributed by atoms with van der Waals surface area (Å²) in [4.78, 5) is 24.5. The molecule has 2 atom stereocenters. The molecule has 6 heteroatoms. The molecule has 0 aliphatic carbocycles. The van der Waals surface area contributed by atoms with Crippen molar-refractivity contribution in [1.82, 2.24) is 5.32 Å². The zero-order chi connectivity index (χ0) is 48.6. The van der Waals surface area contributed by atoms with Crippen LogP contribution in [0.1, 0.15) is 316 Å². The molecule has 0 aromatic carbocycles. The molecule has 6 nitrogen and oxygen atoms in total. The Bertz CT molecular complexity index is 1090. The number of unbranched alkanes of at least 4 members (excludes halogenated alkanes) is 40. The molecule has 1 amide bonds. The number of ether oxygens (including phenoxy) is 1. The van der Waals surface area contributed by atoms with Crippen LogP contribution in [0.15, 0.2) is 36.5 Å². The number of carbonyl (C=O) groups is 2. The lowest BCUT2D eigenvalue weighted by Gasteiger charge is -2.20. The fourth-order valence-electron chi connectivity index (χ4n) is 9.08. The fraction of sp³-hybridized carbons (Fsp3) is 0.869. The van der Waals surface area contributed by atoms with Crippen LogP contribution < -0.4 is 5.32 Å². The van der Waals surface area contributed by atoms with Gasteiger partial charge in [0.1, 0.15) is 0 Å². The molecule has 0 heterocycles. The third kappa shape index (κ3) is 53.3. The average Bonchev–Trinajstić information content (AvgIpc) is 3.33. The van der Waals surface area contributed by atoms with Crippen molar-refractivity contribution in [3.8, 4) is 0 Å². The highest BCUT2D eigenvalue weighted by Gasteiger charge is 2.18. The lowest BCUT2D eigenvalue weighted by Crippen LogP contribution is -2.45. The number of allylic oxidation sites excluding steroid dienone is 5. The maximum absolute atomic E-state index is 12.5. The van der Waals surface area contributed by atoms with Gasteiger partial charge in [0.25, 0.3) is 0 Å². The van der Waals surface area contributed by atoms with Crippen LogP contribution in [0.4, 0.5) is 0 Å². The second-order valence-corrected chi connectivity index (χ2v) is 20.3. The third-order valence-corrected chi connectivity index (χ3v) is 13.7. The third-order valence-electron chi connectivity index (χ3n) is 13.7. The van der Waals surface area contributed by atoms with Gasteiger partial charge >= 0.3 is 5.97 Å². The number of hydrogen-bond acceptors (Lipinski definition) is 5. The van der Waals surface area contributed by atoms with Gasteiger partial charge in [-0.3, -0.25) is 9.59 Å². The van der Waals surface area contributed by atoms with E-state index in [4.69, 9.17) is 4.74 Å². The van der Waals surface area contributed by atoms with Crippen LogP contribution in [0.2, 0.25) is 0 Å². The van der Waals surface area contributed by atoms with Crippen molar-refractivity contribution in [2.45, 2.75) is 328 Å². The summed E-state index contributed by atoms with van der Waals surface area (Å²) in [7, 11) is 0. The Hall–Kier alpha value is -1.92. The highest BCUT2D eigenvalue weighted by Crippen LogP contribution is 2.17. The highest BCUT2D eigenvalue weighted by atomic mass is 16.5. The molecule has 0 rings (SSSR count). The molecule has 67 heavy (non-hydrogen) atoms. The molecule has 0 aliphatic rings. The van der Waals surface area contributed by atoms with E-state index in [1.165, 1.54) is 218 Å². The van der Waals surface area contributed by atoms with Gasteiger partial charge in [-0.2, -0.15) is 0 Å². The van der Waals surface area contributed by atoms with Gasteiger partial charge < -0.3 is 20.3 Å². The Labute approximate surface area is 417 Å². The number of hydrogen-bond donors (Lipinski definition) is 3. The van der Waals surface area contributed by atoms with Gasteiger partial charge in [-0.05, 0) is 64.2 Å². The maximum atomic E-state index is 12.5. The minimum atomic E-state index is -0.862. The van der Waals surface area contributed by atoms with Crippen LogP contribution in [0, 0.1) is 0 Å². The first kappa shape index (κ1) is 65.1. The molecule has 0 aromatic rings. The zero-order valence-electron chi connectivity index (χ0n) is 44.9. The van der Waals surface area contributed by atoms with E-state index in [0.717, 1.165) is 70.6 Å². The van der Waals surface area contributed by atoms with Crippen LogP contribution in [0.25, 0.3) is 0 Å². The first-order chi connectivity index (χ1) is 33.0. The Kier molecular flexibility index (Phi) is 55.0. The molecule has 0 radical (unpaired) electrons. The summed E-state index contributed by atoms with van der Waals surface area (Å²) in [5, 5.41) is 23.2. The van der Waals surface area contributed by atoms with Crippen molar-refractivity contribution < 1.29 is 24.5 Å². The number of amides is 1. The summed E-state index contributed by atoms with van der Waals surface area (Å²) in [6, 6.07) is -0.647. The summed E-state index contributed by atoms with van der Waals surface area (Å²) in [5.74, 6) is -0.124. The van der Waals surface area contributed by atoms with Crippen LogP contribution in [0.5, 0.6) is 0 Å². The molecule has 0 aliphatic heterocycles. The van der Waals surface area contributed by atoms with Crippen molar-refractivity contribution in [3.63, 3.8) is 0 Å². The van der Waals surface area contributed by atoms with Gasteiger partial charge in [0.05, 0.1) is 25.4 Å². The van der Waals surface area contributed by atoms with E-state index >= 15 is 0 Å². The zero-order valence-corrected chi connectivity index (χ0v) is 44.9. The average molecular weight is 943 g/mol. The van der Waals surface area contributed by atoms with E-state index in [2.05, 4.69) is 43.5 Å². The van der Waals surface area contributed by atoms with Crippen molar-refractivity contribution in [2.75, 3.05) is 13.2 Å². The normalized spacial score (nSPS) is 12.8. The monoisotopic (exact) mass is 942 g/mol. The lowest BCUT2D eigenvalue weighted by molar-refractivity contribution is -0.143. The van der Waals surface area contributed by atoms with Gasteiger partial charge in [-0.15, -0.1) is 0 Å². The highest BCUT2D eigenvalue weighted by molar-refractivity contribution is 5.76. The second-order valence-electron chi connectivity index (χ2n) is 20.3. The van der Waals surface area contributed by atoms with Crippen molar-refractivity contribution in [1.29, 1.82) is 0 Å². The van der Waals surface area contributed by atoms with Crippen molar-refractivity contribution in [3.05, 3.63) is 36.5 Å². The summed E-state index contributed by atoms with van der Waals surface area (Å²) in [6.07, 6.45) is 70.3. The number of rotatable bonds is 55. The Morgan fingerprint density at radius 1 is 0.418 bits per heavy atom. The number of esters is 1. The van der Waals surface area contributed by atoms with Crippen LogP contribution in [0.3, 0.4) is 0 Å². The molecule has 394 valence electrons. The van der Waals surface area contributed by atoms with Gasteiger partial charge in [0.15, 0.2) is 0 Å². The molecule has 3 N–H and O–H groups in total. The molecule has 0 spiro atoms. The van der Waals surface area contributed by atoms with E-state index < -0.39 is 12.1 Å². The van der Waals surface area contributed by atoms with E-state index in [-0.39, 0.29) is 18.5 Å². The molecule has 0 aromatic heterocycles. The standard InChI is InChI=1S/C61H115NO5/c1-3-5-7-9-11-13-15-17-19-20-21-22-23-24-25-26-27-28-30-31-33-37-41-45-49-53-59(64)58(57-63)62-60(65)54-50-46-42-38-35-36-40-44-48-52-56-67-61(66)55-51-47-43-39-34-32-29-18-16-14-12-10-8-6-4-2/h12,14,18,29,49,53,58-59,63-64H,3-11,13,15-17,19-28,30-48,50-52,54-57H2,1-2H3,(H,62,65)/b14-12-,29-18-,53-49+. The molecular weight excluding hydrogens is 827 g/mol. The largest absolute Gasteiger partial charge is 0.466 e. The predicted molar refractivity (Wildman–Crippen MR) is 292 cm³/mol. The second kappa shape index (κ2) is 56.7. The summed E-state index contributed by atoms with van der Waals surface area (Å²) >= 11 is 0. The van der Waals surface area contributed by atoms with Gasteiger partial charge in [0, 0.05) is 12.8 Å². The van der Waals surface area contributed by atoms with Crippen LogP contribution >= 0.6 is 0 Å². The number of aliphatic hydroxyl groups is 2. The van der Waals surface area contributed by atoms with Crippen molar-refractivity contribution in [2.24, 2.45) is 0 Å². The fourth-order valence-corrected chi connectivity index (χ4v) is 9.08. The number of aliphatic hydroxyl groups excluding tert-OH is 2. The van der Waals surface area contributed by atoms with E-state index in [9.17, 15) is 19.8 Å². The molecule has 0 fully saturated rings. The molecule has 0 saturated carbocycles. The lowest BCUT2D eigenvalue weighted by atomic mass is 10.0. The first-order valence-corrected chi connectivity index (χ1v) is 29.8. The van der Waals surface area contributed by atoms with E-state index in [1.54, 1.807) is 6.08 Å². The van der Waals surface area contributed by atoms with E-state index in [0.29, 0.717) is 19.4 Å². The summed E-state index contributed by atoms with van der Waals surface area (Å²) in [6.45, 7) is 4.83. The minimum absolute atomic E-state index is 0.0343. The van der Waals surface area contributed by atoms with Gasteiger partial charge in [-0.1, -0.05) is 275 Å². The van der Waals surface area contributed by atoms with Crippen LogP contribution in [-0.4, -0.2) is 47.4 Å². The quantitative estimate of drug-likeness (QED) is 0.0321. The molecule has 0 saturated heterocycles. The first-order valence-electron chi connectivity index (χ1n) is 29.8. The molecule has 2 unspecified atom stereocenters. The number of carbonyl (C=O) groups excluding carboxylic acids is 2. The number of nitrogens with one attached hydrogen (secondary N) is 1.